The zero-order chi connectivity index (χ0) is 20.1. The normalized spacial score (nSPS) is 12.1. The number of para-hydroxylation sites is 1. The van der Waals surface area contributed by atoms with Gasteiger partial charge in [-0.15, -0.1) is 0 Å². The molecule has 2 aromatic carbocycles. The van der Waals surface area contributed by atoms with Crippen molar-refractivity contribution in [2.24, 2.45) is 7.05 Å². The molecule has 146 valence electrons. The summed E-state index contributed by atoms with van der Waals surface area (Å²) in [4.78, 5) is 32.4. The second kappa shape index (κ2) is 8.83. The lowest BCUT2D eigenvalue weighted by Crippen LogP contribution is -2.36. The van der Waals surface area contributed by atoms with Gasteiger partial charge in [0.15, 0.2) is 0 Å². The molecule has 0 bridgehead atoms. The minimum absolute atomic E-state index is 0.0839. The van der Waals surface area contributed by atoms with E-state index in [4.69, 9.17) is 4.98 Å². The molecule has 1 heterocycles. The zero-order valence-electron chi connectivity index (χ0n) is 16.8. The molecule has 1 atom stereocenters. The molecule has 0 aliphatic rings. The number of hydrogen-bond donors (Lipinski definition) is 0. The molecule has 0 saturated carbocycles. The van der Waals surface area contributed by atoms with E-state index in [1.165, 1.54) is 0 Å². The molecular formula is C23H27N3O2. The summed E-state index contributed by atoms with van der Waals surface area (Å²) in [6.07, 6.45) is 2.31. The Morgan fingerprint density at radius 3 is 2.50 bits per heavy atom. The zero-order valence-corrected chi connectivity index (χ0v) is 16.8. The van der Waals surface area contributed by atoms with Crippen molar-refractivity contribution in [2.75, 3.05) is 0 Å². The van der Waals surface area contributed by atoms with Crippen LogP contribution < -0.4 is 5.56 Å². The van der Waals surface area contributed by atoms with E-state index in [1.807, 2.05) is 60.4 Å². The van der Waals surface area contributed by atoms with Gasteiger partial charge in [-0.05, 0) is 31.0 Å². The third-order valence-electron chi connectivity index (χ3n) is 5.12. The number of unbranched alkanes of at least 4 members (excludes halogenated alkanes) is 1. The third kappa shape index (κ3) is 4.14. The van der Waals surface area contributed by atoms with Crippen molar-refractivity contribution < 1.29 is 4.79 Å². The highest BCUT2D eigenvalue weighted by atomic mass is 16.2. The van der Waals surface area contributed by atoms with Crippen LogP contribution in [0.3, 0.4) is 0 Å². The predicted octanol–water partition coefficient (Wildman–Crippen LogP) is 4.21. The van der Waals surface area contributed by atoms with Crippen LogP contribution in [0.5, 0.6) is 0 Å². The van der Waals surface area contributed by atoms with Crippen molar-refractivity contribution in [1.29, 1.82) is 0 Å². The van der Waals surface area contributed by atoms with Crippen LogP contribution in [-0.4, -0.2) is 20.4 Å². The van der Waals surface area contributed by atoms with E-state index in [-0.39, 0.29) is 17.5 Å². The fourth-order valence-corrected chi connectivity index (χ4v) is 3.44. The summed E-state index contributed by atoms with van der Waals surface area (Å²) in [5, 5.41) is 0.591. The van der Waals surface area contributed by atoms with Gasteiger partial charge >= 0.3 is 0 Å². The van der Waals surface area contributed by atoms with Crippen LogP contribution in [0.4, 0.5) is 0 Å². The van der Waals surface area contributed by atoms with Crippen molar-refractivity contribution in [3.63, 3.8) is 0 Å². The minimum Gasteiger partial charge on any atom is -0.328 e. The Labute approximate surface area is 165 Å². The lowest BCUT2D eigenvalue weighted by Gasteiger charge is -2.30. The summed E-state index contributed by atoms with van der Waals surface area (Å²) in [5.74, 6) is 0.685. The minimum atomic E-state index is -0.313. The van der Waals surface area contributed by atoms with Gasteiger partial charge in [0.2, 0.25) is 5.91 Å². The predicted molar refractivity (Wildman–Crippen MR) is 112 cm³/mol. The molecule has 5 nitrogen and oxygen atoms in total. The lowest BCUT2D eigenvalue weighted by atomic mass is 10.1. The average Bonchev–Trinajstić information content (AvgIpc) is 2.73. The molecule has 3 rings (SSSR count). The standard InChI is InChI=1S/C23H27N3O2/c1-4-5-15-21(27)26(16-18-11-7-6-8-12-18)17(2)22-24-20-14-10-9-13-19(20)23(28)25(22)3/h6-14,17H,4-5,15-16H2,1-3H3. The largest absolute Gasteiger partial charge is 0.328 e. The van der Waals surface area contributed by atoms with Crippen molar-refractivity contribution in [2.45, 2.75) is 45.7 Å². The number of amides is 1. The molecular weight excluding hydrogens is 350 g/mol. The first-order valence-electron chi connectivity index (χ1n) is 9.82. The molecule has 0 radical (unpaired) electrons. The number of rotatable bonds is 7. The van der Waals surface area contributed by atoms with Crippen LogP contribution in [0.25, 0.3) is 10.9 Å². The molecule has 1 unspecified atom stereocenters. The molecule has 0 aliphatic carbocycles. The molecule has 1 amide bonds. The second-order valence-electron chi connectivity index (χ2n) is 7.14. The van der Waals surface area contributed by atoms with Crippen LogP contribution in [-0.2, 0) is 18.4 Å². The van der Waals surface area contributed by atoms with Crippen LogP contribution >= 0.6 is 0 Å². The molecule has 0 aliphatic heterocycles. The number of nitrogens with zero attached hydrogens (tertiary/aromatic N) is 3. The van der Waals surface area contributed by atoms with Crippen molar-refractivity contribution in [1.82, 2.24) is 14.5 Å². The highest BCUT2D eigenvalue weighted by Gasteiger charge is 2.25. The monoisotopic (exact) mass is 377 g/mol. The first-order chi connectivity index (χ1) is 13.5. The third-order valence-corrected chi connectivity index (χ3v) is 5.12. The fraction of sp³-hybridized carbons (Fsp3) is 0.348. The lowest BCUT2D eigenvalue weighted by molar-refractivity contribution is -0.134. The Morgan fingerprint density at radius 2 is 1.79 bits per heavy atom. The summed E-state index contributed by atoms with van der Waals surface area (Å²) >= 11 is 0. The van der Waals surface area contributed by atoms with E-state index >= 15 is 0 Å². The summed E-state index contributed by atoms with van der Waals surface area (Å²) in [6.45, 7) is 4.52. The van der Waals surface area contributed by atoms with Crippen molar-refractivity contribution >= 4 is 16.8 Å². The van der Waals surface area contributed by atoms with Gasteiger partial charge in [0.05, 0.1) is 16.9 Å². The topological polar surface area (TPSA) is 55.2 Å². The van der Waals surface area contributed by atoms with E-state index in [1.54, 1.807) is 17.7 Å². The molecule has 0 spiro atoms. The first-order valence-corrected chi connectivity index (χ1v) is 9.82. The maximum Gasteiger partial charge on any atom is 0.261 e. The van der Waals surface area contributed by atoms with E-state index < -0.39 is 0 Å². The Balaban J connectivity index is 2.01. The smallest absolute Gasteiger partial charge is 0.261 e. The molecule has 1 aromatic heterocycles. The maximum atomic E-state index is 13.0. The molecule has 5 heteroatoms. The summed E-state index contributed by atoms with van der Waals surface area (Å²) in [6, 6.07) is 17.0. The van der Waals surface area contributed by atoms with Gasteiger partial charge in [0, 0.05) is 20.0 Å². The number of carbonyl (C=O) groups is 1. The fourth-order valence-electron chi connectivity index (χ4n) is 3.44. The second-order valence-corrected chi connectivity index (χ2v) is 7.14. The van der Waals surface area contributed by atoms with Gasteiger partial charge in [0.1, 0.15) is 5.82 Å². The van der Waals surface area contributed by atoms with Crippen molar-refractivity contribution in [3.05, 3.63) is 76.3 Å². The molecule has 0 fully saturated rings. The Morgan fingerprint density at radius 1 is 1.11 bits per heavy atom. The Bertz CT molecular complexity index is 1010. The van der Waals surface area contributed by atoms with E-state index in [2.05, 4.69) is 6.92 Å². The number of fused-ring (bicyclic) bond motifs is 1. The number of benzene rings is 2. The van der Waals surface area contributed by atoms with Crippen molar-refractivity contribution in [3.8, 4) is 0 Å². The number of hydrogen-bond acceptors (Lipinski definition) is 3. The van der Waals surface area contributed by atoms with E-state index in [0.29, 0.717) is 29.7 Å². The quantitative estimate of drug-likeness (QED) is 0.620. The summed E-state index contributed by atoms with van der Waals surface area (Å²) in [7, 11) is 1.73. The average molecular weight is 377 g/mol. The highest BCUT2D eigenvalue weighted by molar-refractivity contribution is 5.78. The van der Waals surface area contributed by atoms with Gasteiger partial charge in [-0.25, -0.2) is 4.98 Å². The molecule has 28 heavy (non-hydrogen) atoms. The van der Waals surface area contributed by atoms with Gasteiger partial charge < -0.3 is 4.90 Å². The van der Waals surface area contributed by atoms with Gasteiger partial charge in [0.25, 0.3) is 5.56 Å². The van der Waals surface area contributed by atoms with Crippen LogP contribution in [0.1, 0.15) is 50.5 Å². The molecule has 0 saturated heterocycles. The summed E-state index contributed by atoms with van der Waals surface area (Å²) < 4.78 is 1.57. The van der Waals surface area contributed by atoms with Crippen LogP contribution in [0.15, 0.2) is 59.4 Å². The SMILES string of the molecule is CCCCC(=O)N(Cc1ccccc1)C(C)c1nc2ccccc2c(=O)n1C. The molecule has 3 aromatic rings. The highest BCUT2D eigenvalue weighted by Crippen LogP contribution is 2.23. The van der Waals surface area contributed by atoms with Gasteiger partial charge in [-0.3, -0.25) is 14.2 Å². The van der Waals surface area contributed by atoms with E-state index in [9.17, 15) is 9.59 Å². The Hall–Kier alpha value is -2.95. The van der Waals surface area contributed by atoms with Gasteiger partial charge in [-0.2, -0.15) is 0 Å². The Kier molecular flexibility index (Phi) is 6.24. The van der Waals surface area contributed by atoms with Gasteiger partial charge in [-0.1, -0.05) is 55.8 Å². The summed E-state index contributed by atoms with van der Waals surface area (Å²) in [5.41, 5.74) is 1.63. The maximum absolute atomic E-state index is 13.0. The van der Waals surface area contributed by atoms with Crippen LogP contribution in [0.2, 0.25) is 0 Å². The molecule has 0 N–H and O–H groups in total. The van der Waals surface area contributed by atoms with E-state index in [0.717, 1.165) is 18.4 Å². The number of carbonyl (C=O) groups excluding carboxylic acids is 1. The first kappa shape index (κ1) is 19.8. The van der Waals surface area contributed by atoms with Crippen LogP contribution in [0, 0.1) is 0 Å². The number of aromatic nitrogens is 2.